The number of nitrogens with zero attached hydrogens (tertiary/aromatic N) is 2. The summed E-state index contributed by atoms with van der Waals surface area (Å²) in [6.45, 7) is 5.12. The average Bonchev–Trinajstić information content (AvgIpc) is 3.12. The van der Waals surface area contributed by atoms with Crippen molar-refractivity contribution >= 4 is 29.8 Å². The molecule has 0 unspecified atom stereocenters. The molecule has 10 heteroatoms. The zero-order valence-electron chi connectivity index (χ0n) is 15.9. The molecule has 0 radical (unpaired) electrons. The second-order valence-corrected chi connectivity index (χ2v) is 6.76. The van der Waals surface area contributed by atoms with Crippen molar-refractivity contribution < 1.29 is 28.7 Å². The van der Waals surface area contributed by atoms with E-state index in [1.54, 1.807) is 0 Å². The highest BCUT2D eigenvalue weighted by atomic mass is 16.5. The Morgan fingerprint density at radius 1 is 1.15 bits per heavy atom. The Kier molecular flexibility index (Phi) is 6.40. The second-order valence-electron chi connectivity index (χ2n) is 6.76. The van der Waals surface area contributed by atoms with E-state index in [0.29, 0.717) is 32.2 Å². The maximum atomic E-state index is 12.7. The van der Waals surface area contributed by atoms with Gasteiger partial charge in [0, 0.05) is 13.1 Å². The van der Waals surface area contributed by atoms with Gasteiger partial charge >= 0.3 is 18.0 Å². The Morgan fingerprint density at radius 3 is 2.30 bits per heavy atom. The van der Waals surface area contributed by atoms with E-state index < -0.39 is 48.0 Å². The summed E-state index contributed by atoms with van der Waals surface area (Å²) in [5.74, 6) is -1.99. The third-order valence-electron chi connectivity index (χ3n) is 4.67. The van der Waals surface area contributed by atoms with Gasteiger partial charge in [-0.05, 0) is 19.8 Å². The molecule has 2 rings (SSSR count). The first-order chi connectivity index (χ1) is 12.8. The minimum atomic E-state index is -1.20. The molecule has 0 spiro atoms. The van der Waals surface area contributed by atoms with Crippen LogP contribution < -0.4 is 10.6 Å². The number of hydrogen-bond acceptors (Lipinski definition) is 6. The second kappa shape index (κ2) is 8.36. The van der Waals surface area contributed by atoms with Crippen LogP contribution >= 0.6 is 0 Å². The molecule has 10 nitrogen and oxygen atoms in total. The smallest absolute Gasteiger partial charge is 0.327 e. The van der Waals surface area contributed by atoms with Crippen molar-refractivity contribution in [2.75, 3.05) is 19.6 Å². The SMILES string of the molecule is CCCC1(CCC)NC(=O)N(CC(=O)O[C@H](C)C(=O)N2CCNC2=O)C1=O. The number of carbonyl (C=O) groups excluding carboxylic acids is 5. The van der Waals surface area contributed by atoms with Crippen molar-refractivity contribution in [3.63, 3.8) is 0 Å². The number of esters is 1. The number of carbonyl (C=O) groups is 5. The molecule has 0 aromatic rings. The van der Waals surface area contributed by atoms with E-state index in [1.165, 1.54) is 6.92 Å². The van der Waals surface area contributed by atoms with E-state index in [0.717, 1.165) is 9.80 Å². The predicted octanol–water partition coefficient (Wildman–Crippen LogP) is 0.361. The highest BCUT2D eigenvalue weighted by Gasteiger charge is 2.50. The van der Waals surface area contributed by atoms with Crippen molar-refractivity contribution in [1.82, 2.24) is 20.4 Å². The number of urea groups is 2. The largest absolute Gasteiger partial charge is 0.451 e. The molecule has 1 atom stereocenters. The highest BCUT2D eigenvalue weighted by Crippen LogP contribution is 2.28. The molecule has 2 aliphatic rings. The van der Waals surface area contributed by atoms with E-state index in [4.69, 9.17) is 4.74 Å². The Morgan fingerprint density at radius 2 is 1.78 bits per heavy atom. The van der Waals surface area contributed by atoms with Crippen LogP contribution in [0.1, 0.15) is 46.5 Å². The van der Waals surface area contributed by atoms with E-state index in [-0.39, 0.29) is 6.54 Å². The Bertz CT molecular complexity index is 643. The first-order valence-corrected chi connectivity index (χ1v) is 9.18. The quantitative estimate of drug-likeness (QED) is 0.461. The molecule has 2 aliphatic heterocycles. The van der Waals surface area contributed by atoms with Crippen LogP contribution in [0.4, 0.5) is 9.59 Å². The van der Waals surface area contributed by atoms with Crippen LogP contribution in [-0.4, -0.2) is 70.9 Å². The summed E-state index contributed by atoms with van der Waals surface area (Å²) < 4.78 is 5.04. The molecule has 6 amide bonds. The standard InChI is InChI=1S/C17H26N4O6/c1-4-6-17(7-5-2)14(24)21(16(26)19-17)10-12(22)27-11(3)13(23)20-9-8-18-15(20)25/h11H,4-10H2,1-3H3,(H,18,25)(H,19,26)/t11-/m1/s1. The summed E-state index contributed by atoms with van der Waals surface area (Å²) in [6, 6.07) is -1.18. The maximum Gasteiger partial charge on any atom is 0.327 e. The Labute approximate surface area is 157 Å². The van der Waals surface area contributed by atoms with Gasteiger partial charge in [-0.2, -0.15) is 0 Å². The van der Waals surface area contributed by atoms with Crippen LogP contribution in [0.3, 0.4) is 0 Å². The van der Waals surface area contributed by atoms with Gasteiger partial charge in [-0.3, -0.25) is 24.2 Å². The van der Waals surface area contributed by atoms with E-state index in [9.17, 15) is 24.0 Å². The lowest BCUT2D eigenvalue weighted by molar-refractivity contribution is -0.159. The zero-order chi connectivity index (χ0) is 20.2. The number of ether oxygens (including phenoxy) is 1. The summed E-state index contributed by atoms with van der Waals surface area (Å²) in [6.07, 6.45) is 1.17. The lowest BCUT2D eigenvalue weighted by Gasteiger charge is -2.25. The van der Waals surface area contributed by atoms with Crippen LogP contribution in [0.25, 0.3) is 0 Å². The third-order valence-corrected chi connectivity index (χ3v) is 4.67. The highest BCUT2D eigenvalue weighted by molar-refractivity contribution is 6.08. The summed E-state index contributed by atoms with van der Waals surface area (Å²) in [5.41, 5.74) is -0.990. The van der Waals surface area contributed by atoms with E-state index in [1.807, 2.05) is 13.8 Å². The number of amides is 6. The van der Waals surface area contributed by atoms with Crippen molar-refractivity contribution in [2.24, 2.45) is 0 Å². The summed E-state index contributed by atoms with van der Waals surface area (Å²) >= 11 is 0. The lowest BCUT2D eigenvalue weighted by Crippen LogP contribution is -2.47. The molecule has 0 aromatic heterocycles. The van der Waals surface area contributed by atoms with Crippen molar-refractivity contribution in [2.45, 2.75) is 58.1 Å². The fourth-order valence-electron chi connectivity index (χ4n) is 3.45. The fraction of sp³-hybridized carbons (Fsp3) is 0.706. The topological polar surface area (TPSA) is 125 Å². The van der Waals surface area contributed by atoms with Crippen molar-refractivity contribution in [1.29, 1.82) is 0 Å². The zero-order valence-corrected chi connectivity index (χ0v) is 15.9. The fourth-order valence-corrected chi connectivity index (χ4v) is 3.45. The van der Waals surface area contributed by atoms with Gasteiger partial charge in [-0.25, -0.2) is 9.59 Å². The first-order valence-electron chi connectivity index (χ1n) is 9.18. The average molecular weight is 382 g/mol. The summed E-state index contributed by atoms with van der Waals surface area (Å²) in [7, 11) is 0. The molecule has 2 heterocycles. The molecule has 0 saturated carbocycles. The Hall–Kier alpha value is -2.65. The maximum absolute atomic E-state index is 12.7. The van der Waals surface area contributed by atoms with Gasteiger partial charge in [-0.15, -0.1) is 0 Å². The Balaban J connectivity index is 1.98. The minimum absolute atomic E-state index is 0.198. The molecule has 0 aliphatic carbocycles. The van der Waals surface area contributed by atoms with Crippen molar-refractivity contribution in [3.05, 3.63) is 0 Å². The van der Waals surface area contributed by atoms with Gasteiger partial charge in [0.05, 0.1) is 0 Å². The first kappa shape index (κ1) is 20.7. The van der Waals surface area contributed by atoms with Gasteiger partial charge in [0.1, 0.15) is 12.1 Å². The van der Waals surface area contributed by atoms with Crippen molar-refractivity contribution in [3.8, 4) is 0 Å². The van der Waals surface area contributed by atoms with Gasteiger partial charge in [-0.1, -0.05) is 26.7 Å². The van der Waals surface area contributed by atoms with Crippen LogP contribution in [-0.2, 0) is 19.1 Å². The third kappa shape index (κ3) is 4.20. The molecule has 2 saturated heterocycles. The molecule has 0 aromatic carbocycles. The van der Waals surface area contributed by atoms with Crippen LogP contribution in [0.2, 0.25) is 0 Å². The number of hydrogen-bond donors (Lipinski definition) is 2. The lowest BCUT2D eigenvalue weighted by atomic mass is 9.88. The molecule has 27 heavy (non-hydrogen) atoms. The molecule has 150 valence electrons. The van der Waals surface area contributed by atoms with Gasteiger partial charge in [0.15, 0.2) is 6.10 Å². The summed E-state index contributed by atoms with van der Waals surface area (Å²) in [4.78, 5) is 62.6. The van der Waals surface area contributed by atoms with Gasteiger partial charge in [0.25, 0.3) is 11.8 Å². The number of rotatable bonds is 8. The predicted molar refractivity (Wildman–Crippen MR) is 93.5 cm³/mol. The number of nitrogens with one attached hydrogen (secondary N) is 2. The molecule has 2 fully saturated rings. The molecular weight excluding hydrogens is 356 g/mol. The molecule has 2 N–H and O–H groups in total. The van der Waals surface area contributed by atoms with Gasteiger partial charge in [0.2, 0.25) is 0 Å². The van der Waals surface area contributed by atoms with Crippen LogP contribution in [0.5, 0.6) is 0 Å². The van der Waals surface area contributed by atoms with Crippen LogP contribution in [0, 0.1) is 0 Å². The van der Waals surface area contributed by atoms with E-state index >= 15 is 0 Å². The van der Waals surface area contributed by atoms with E-state index in [2.05, 4.69) is 10.6 Å². The molecular formula is C17H26N4O6. The summed E-state index contributed by atoms with van der Waals surface area (Å²) in [5, 5.41) is 5.18. The number of imide groups is 2. The minimum Gasteiger partial charge on any atom is -0.451 e. The normalized spacial score (nSPS) is 19.7. The van der Waals surface area contributed by atoms with Crippen LogP contribution in [0.15, 0.2) is 0 Å². The molecule has 0 bridgehead atoms. The van der Waals surface area contributed by atoms with Gasteiger partial charge < -0.3 is 15.4 Å². The monoisotopic (exact) mass is 382 g/mol.